The fourth-order valence-corrected chi connectivity index (χ4v) is 1.24. The molecule has 1 fully saturated rings. The first-order valence-electron chi connectivity index (χ1n) is 3.90. The maximum Gasteiger partial charge on any atom is 0.129 e. The summed E-state index contributed by atoms with van der Waals surface area (Å²) in [4.78, 5) is 10.5. The summed E-state index contributed by atoms with van der Waals surface area (Å²) in [5, 5.41) is 0. The van der Waals surface area contributed by atoms with E-state index >= 15 is 0 Å². The lowest BCUT2D eigenvalue weighted by Gasteiger charge is -2.05. The van der Waals surface area contributed by atoms with E-state index in [9.17, 15) is 4.79 Å². The van der Waals surface area contributed by atoms with E-state index < -0.39 is 0 Å². The Bertz CT molecular complexity index is 114. The SMILES string of the molecule is CC(=O)CC[C@H]1CCCO1. The molecule has 10 heavy (non-hydrogen) atoms. The molecule has 58 valence electrons. The van der Waals surface area contributed by atoms with Crippen LogP contribution in [0.5, 0.6) is 0 Å². The van der Waals surface area contributed by atoms with E-state index in [0.717, 1.165) is 19.4 Å². The topological polar surface area (TPSA) is 26.3 Å². The Morgan fingerprint density at radius 1 is 1.70 bits per heavy atom. The van der Waals surface area contributed by atoms with Crippen LogP contribution in [0.2, 0.25) is 0 Å². The minimum absolute atomic E-state index is 0.274. The molecule has 1 rings (SSSR count). The van der Waals surface area contributed by atoms with Crippen LogP contribution in [0.15, 0.2) is 0 Å². The zero-order valence-corrected chi connectivity index (χ0v) is 6.43. The van der Waals surface area contributed by atoms with Crippen molar-refractivity contribution in [2.75, 3.05) is 6.61 Å². The minimum atomic E-state index is 0.274. The van der Waals surface area contributed by atoms with Crippen LogP contribution >= 0.6 is 0 Å². The molecule has 0 aromatic heterocycles. The van der Waals surface area contributed by atoms with E-state index in [0.29, 0.717) is 12.5 Å². The largest absolute Gasteiger partial charge is 0.378 e. The van der Waals surface area contributed by atoms with Crippen molar-refractivity contribution in [3.63, 3.8) is 0 Å². The monoisotopic (exact) mass is 142 g/mol. The van der Waals surface area contributed by atoms with E-state index in [4.69, 9.17) is 4.74 Å². The molecule has 1 aliphatic heterocycles. The fraction of sp³-hybridized carbons (Fsp3) is 0.875. The molecule has 0 aromatic carbocycles. The summed E-state index contributed by atoms with van der Waals surface area (Å²) in [5.74, 6) is 0.274. The molecular weight excluding hydrogens is 128 g/mol. The van der Waals surface area contributed by atoms with Crippen molar-refractivity contribution >= 4 is 5.78 Å². The lowest BCUT2D eigenvalue weighted by atomic mass is 10.1. The highest BCUT2D eigenvalue weighted by Gasteiger charge is 2.15. The van der Waals surface area contributed by atoms with Gasteiger partial charge < -0.3 is 9.53 Å². The quantitative estimate of drug-likeness (QED) is 0.597. The molecule has 1 atom stereocenters. The van der Waals surface area contributed by atoms with Gasteiger partial charge in [0.25, 0.3) is 0 Å². The molecule has 0 radical (unpaired) electrons. The molecule has 1 heterocycles. The Morgan fingerprint density at radius 3 is 3.00 bits per heavy atom. The van der Waals surface area contributed by atoms with Crippen molar-refractivity contribution < 1.29 is 9.53 Å². The van der Waals surface area contributed by atoms with Crippen LogP contribution in [0.4, 0.5) is 0 Å². The van der Waals surface area contributed by atoms with Crippen LogP contribution in [0.3, 0.4) is 0 Å². The average Bonchev–Trinajstić information content (AvgIpc) is 2.34. The van der Waals surface area contributed by atoms with Gasteiger partial charge in [0.05, 0.1) is 6.10 Å². The summed E-state index contributed by atoms with van der Waals surface area (Å²) in [7, 11) is 0. The summed E-state index contributed by atoms with van der Waals surface area (Å²) in [6, 6.07) is 0. The van der Waals surface area contributed by atoms with Crippen LogP contribution < -0.4 is 0 Å². The number of Topliss-reactive ketones (excluding diaryl/α,β-unsaturated/α-hetero) is 1. The first-order valence-corrected chi connectivity index (χ1v) is 3.90. The summed E-state index contributed by atoms with van der Waals surface area (Å²) >= 11 is 0. The Labute approximate surface area is 61.6 Å². The predicted octanol–water partition coefficient (Wildman–Crippen LogP) is 1.53. The Hall–Kier alpha value is -0.370. The van der Waals surface area contributed by atoms with Gasteiger partial charge in [-0.25, -0.2) is 0 Å². The Kier molecular flexibility index (Phi) is 2.87. The number of hydrogen-bond acceptors (Lipinski definition) is 2. The zero-order chi connectivity index (χ0) is 7.40. The van der Waals surface area contributed by atoms with Gasteiger partial charge >= 0.3 is 0 Å². The molecule has 2 nitrogen and oxygen atoms in total. The molecule has 0 bridgehead atoms. The second-order valence-corrected chi connectivity index (χ2v) is 2.88. The Morgan fingerprint density at radius 2 is 2.50 bits per heavy atom. The standard InChI is InChI=1S/C8H14O2/c1-7(9)4-5-8-3-2-6-10-8/h8H,2-6H2,1H3/t8-/m1/s1. The second kappa shape index (κ2) is 3.71. The summed E-state index contributed by atoms with van der Waals surface area (Å²) in [6.45, 7) is 2.53. The van der Waals surface area contributed by atoms with Crippen molar-refractivity contribution in [3.05, 3.63) is 0 Å². The molecule has 0 aliphatic carbocycles. The normalized spacial score (nSPS) is 25.1. The van der Waals surface area contributed by atoms with Crippen molar-refractivity contribution in [2.45, 2.75) is 38.7 Å². The first kappa shape index (κ1) is 7.73. The van der Waals surface area contributed by atoms with Gasteiger partial charge in [0.2, 0.25) is 0 Å². The van der Waals surface area contributed by atoms with Gasteiger partial charge in [-0.2, -0.15) is 0 Å². The van der Waals surface area contributed by atoms with Crippen molar-refractivity contribution in [1.29, 1.82) is 0 Å². The van der Waals surface area contributed by atoms with Crippen LogP contribution in [0, 0.1) is 0 Å². The van der Waals surface area contributed by atoms with E-state index in [2.05, 4.69) is 0 Å². The second-order valence-electron chi connectivity index (χ2n) is 2.88. The fourth-order valence-electron chi connectivity index (χ4n) is 1.24. The zero-order valence-electron chi connectivity index (χ0n) is 6.43. The lowest BCUT2D eigenvalue weighted by molar-refractivity contribution is -0.117. The number of carbonyl (C=O) groups is 1. The van der Waals surface area contributed by atoms with Crippen molar-refractivity contribution in [1.82, 2.24) is 0 Å². The van der Waals surface area contributed by atoms with Crippen molar-refractivity contribution in [3.8, 4) is 0 Å². The maximum absolute atomic E-state index is 10.5. The van der Waals surface area contributed by atoms with E-state index in [1.165, 1.54) is 6.42 Å². The smallest absolute Gasteiger partial charge is 0.129 e. The summed E-state index contributed by atoms with van der Waals surface area (Å²) in [5.41, 5.74) is 0. The van der Waals surface area contributed by atoms with Gasteiger partial charge in [0, 0.05) is 13.0 Å². The lowest BCUT2D eigenvalue weighted by Crippen LogP contribution is -2.06. The van der Waals surface area contributed by atoms with Gasteiger partial charge in [-0.3, -0.25) is 0 Å². The number of hydrogen-bond donors (Lipinski definition) is 0. The van der Waals surface area contributed by atoms with Gasteiger partial charge in [0.1, 0.15) is 5.78 Å². The molecule has 0 unspecified atom stereocenters. The van der Waals surface area contributed by atoms with Gasteiger partial charge in [-0.15, -0.1) is 0 Å². The van der Waals surface area contributed by atoms with Crippen LogP contribution in [0.25, 0.3) is 0 Å². The molecule has 0 amide bonds. The third-order valence-corrected chi connectivity index (χ3v) is 1.84. The molecule has 0 aromatic rings. The summed E-state index contributed by atoms with van der Waals surface area (Å²) in [6.07, 6.45) is 4.31. The number of rotatable bonds is 3. The highest BCUT2D eigenvalue weighted by atomic mass is 16.5. The van der Waals surface area contributed by atoms with Gasteiger partial charge in [0.15, 0.2) is 0 Å². The molecule has 0 saturated carbocycles. The van der Waals surface area contributed by atoms with E-state index in [-0.39, 0.29) is 5.78 Å². The molecular formula is C8H14O2. The van der Waals surface area contributed by atoms with Crippen LogP contribution in [0.1, 0.15) is 32.6 Å². The molecule has 1 aliphatic rings. The third-order valence-electron chi connectivity index (χ3n) is 1.84. The molecule has 2 heteroatoms. The molecule has 0 N–H and O–H groups in total. The molecule has 0 spiro atoms. The predicted molar refractivity (Wildman–Crippen MR) is 38.9 cm³/mol. The summed E-state index contributed by atoms with van der Waals surface area (Å²) < 4.78 is 5.35. The Balaban J connectivity index is 2.07. The third kappa shape index (κ3) is 2.48. The van der Waals surface area contributed by atoms with E-state index in [1.54, 1.807) is 6.92 Å². The van der Waals surface area contributed by atoms with Gasteiger partial charge in [-0.1, -0.05) is 0 Å². The number of ketones is 1. The van der Waals surface area contributed by atoms with Crippen molar-refractivity contribution in [2.24, 2.45) is 0 Å². The average molecular weight is 142 g/mol. The molecule has 1 saturated heterocycles. The number of carbonyl (C=O) groups excluding carboxylic acids is 1. The van der Waals surface area contributed by atoms with Gasteiger partial charge in [-0.05, 0) is 26.2 Å². The number of ether oxygens (including phenoxy) is 1. The maximum atomic E-state index is 10.5. The highest BCUT2D eigenvalue weighted by molar-refractivity contribution is 5.75. The van der Waals surface area contributed by atoms with Crippen LogP contribution in [-0.4, -0.2) is 18.5 Å². The highest BCUT2D eigenvalue weighted by Crippen LogP contribution is 2.16. The first-order chi connectivity index (χ1) is 4.79. The minimum Gasteiger partial charge on any atom is -0.378 e. The van der Waals surface area contributed by atoms with Crippen LogP contribution in [-0.2, 0) is 9.53 Å². The van der Waals surface area contributed by atoms with E-state index in [1.807, 2.05) is 0 Å².